The molecule has 0 saturated carbocycles. The first-order valence-corrected chi connectivity index (χ1v) is 5.87. The van der Waals surface area contributed by atoms with Gasteiger partial charge in [-0.1, -0.05) is 13.3 Å². The monoisotopic (exact) mass is 248 g/mol. The molecule has 0 rings (SSSR count). The Hall–Kier alpha value is -1.17. The molecule has 0 aliphatic heterocycles. The van der Waals surface area contributed by atoms with Gasteiger partial charge in [0.05, 0.1) is 17.2 Å². The molecule has 2 N–H and O–H groups in total. The van der Waals surface area contributed by atoms with Crippen LogP contribution in [0.4, 0.5) is 0 Å². The molecule has 0 radical (unpaired) electrons. The third-order valence-corrected chi connectivity index (χ3v) is 2.92. The second kappa shape index (κ2) is 8.04. The lowest BCUT2D eigenvalue weighted by Gasteiger charge is -2.11. The maximum atomic E-state index is 10.9. The van der Waals surface area contributed by atoms with Crippen molar-refractivity contribution in [1.82, 2.24) is 0 Å². The van der Waals surface area contributed by atoms with E-state index in [2.05, 4.69) is 0 Å². The number of hydrogen-bond donors (Lipinski definition) is 2. The van der Waals surface area contributed by atoms with Gasteiger partial charge in [0.15, 0.2) is 0 Å². The Morgan fingerprint density at radius 2 is 1.88 bits per heavy atom. The molecule has 92 valence electrons. The highest BCUT2D eigenvalue weighted by atomic mass is 32.1. The minimum absolute atomic E-state index is 0.0149. The van der Waals surface area contributed by atoms with Gasteiger partial charge in [0.1, 0.15) is 0 Å². The van der Waals surface area contributed by atoms with Crippen LogP contribution in [-0.4, -0.2) is 31.2 Å². The number of carbonyl (C=O) groups is 2. The predicted octanol–water partition coefficient (Wildman–Crippen LogP) is 1.13. The first kappa shape index (κ1) is 14.8. The third kappa shape index (κ3) is 5.65. The Morgan fingerprint density at radius 3 is 2.25 bits per heavy atom. The quantitative estimate of drug-likeness (QED) is 0.628. The van der Waals surface area contributed by atoms with E-state index in [4.69, 9.17) is 10.2 Å². The van der Waals surface area contributed by atoms with Crippen LogP contribution in [0.5, 0.6) is 0 Å². The van der Waals surface area contributed by atoms with Crippen LogP contribution in [-0.2, 0) is 20.8 Å². The summed E-state index contributed by atoms with van der Waals surface area (Å²) in [6.45, 7) is 1.94. The molecule has 0 amide bonds. The number of rotatable bonds is 8. The zero-order chi connectivity index (χ0) is 12.6. The summed E-state index contributed by atoms with van der Waals surface area (Å²) >= 11 is 0.191. The first-order chi connectivity index (χ1) is 7.52. The van der Waals surface area contributed by atoms with Crippen molar-refractivity contribution in [3.05, 3.63) is 0 Å². The van der Waals surface area contributed by atoms with Gasteiger partial charge >= 0.3 is 11.9 Å². The predicted molar refractivity (Wildman–Crippen MR) is 60.7 cm³/mol. The minimum Gasteiger partial charge on any atom is -0.481 e. The van der Waals surface area contributed by atoms with Gasteiger partial charge in [-0.3, -0.25) is 9.59 Å². The number of carboxylic acids is 2. The molecule has 1 atom stereocenters. The van der Waals surface area contributed by atoms with Crippen LogP contribution in [0.2, 0.25) is 0 Å². The lowest BCUT2D eigenvalue weighted by molar-refractivity contribution is -0.140. The van der Waals surface area contributed by atoms with Gasteiger partial charge in [0, 0.05) is 11.3 Å². The molecule has 1 unspecified atom stereocenters. The molecule has 0 aliphatic rings. The van der Waals surface area contributed by atoms with Crippen molar-refractivity contribution in [3.63, 3.8) is 0 Å². The molecule has 0 spiro atoms. The summed E-state index contributed by atoms with van der Waals surface area (Å²) in [6.07, 6.45) is 1.82. The van der Waals surface area contributed by atoms with E-state index in [9.17, 15) is 13.8 Å². The summed E-state index contributed by atoms with van der Waals surface area (Å²) in [5.74, 6) is -3.10. The Bertz CT molecular complexity index is 306. The Kier molecular flexibility index (Phi) is 7.45. The van der Waals surface area contributed by atoms with Crippen LogP contribution in [0.15, 0.2) is 0 Å². The average Bonchev–Trinajstić information content (AvgIpc) is 2.21. The summed E-state index contributed by atoms with van der Waals surface area (Å²) < 4.78 is 10.8. The molecule has 0 saturated heterocycles. The zero-order valence-corrected chi connectivity index (χ0v) is 9.96. The lowest BCUT2D eigenvalue weighted by Crippen LogP contribution is -2.24. The fourth-order valence-electron chi connectivity index (χ4n) is 1.31. The summed E-state index contributed by atoms with van der Waals surface area (Å²) in [7, 11) is 0. The highest BCUT2D eigenvalue weighted by molar-refractivity contribution is 7.66. The molecular weight excluding hydrogens is 232 g/mol. The second-order valence-electron chi connectivity index (χ2n) is 3.48. The van der Waals surface area contributed by atoms with E-state index in [0.717, 1.165) is 12.8 Å². The molecule has 6 heteroatoms. The van der Waals surface area contributed by atoms with E-state index in [0.29, 0.717) is 11.3 Å². The summed E-state index contributed by atoms with van der Waals surface area (Å²) in [6, 6.07) is 0. The average molecular weight is 248 g/mol. The van der Waals surface area contributed by atoms with Gasteiger partial charge in [-0.2, -0.15) is 0 Å². The van der Waals surface area contributed by atoms with Gasteiger partial charge < -0.3 is 10.2 Å². The van der Waals surface area contributed by atoms with Crippen molar-refractivity contribution < 1.29 is 24.0 Å². The van der Waals surface area contributed by atoms with E-state index >= 15 is 0 Å². The normalized spacial score (nSPS) is 11.8. The van der Waals surface area contributed by atoms with Gasteiger partial charge in [-0.25, -0.2) is 4.21 Å². The van der Waals surface area contributed by atoms with E-state index in [1.54, 1.807) is 0 Å². The van der Waals surface area contributed by atoms with Crippen molar-refractivity contribution in [2.45, 2.75) is 39.0 Å². The molecule has 0 heterocycles. The lowest BCUT2D eigenvalue weighted by atomic mass is 9.96. The second-order valence-corrected chi connectivity index (χ2v) is 4.17. The summed E-state index contributed by atoms with van der Waals surface area (Å²) in [5.41, 5.74) is 0. The summed E-state index contributed by atoms with van der Waals surface area (Å²) in [5, 5.41) is 17.4. The number of aliphatic carboxylic acids is 2. The summed E-state index contributed by atoms with van der Waals surface area (Å²) in [4.78, 5) is 21.6. The number of hydrogen-bond acceptors (Lipinski definition) is 3. The molecule has 0 aromatic heterocycles. The van der Waals surface area contributed by atoms with Crippen LogP contribution in [0.25, 0.3) is 0 Å². The number of unbranched alkanes of at least 4 members (excludes halogenated alkanes) is 1. The zero-order valence-electron chi connectivity index (χ0n) is 9.14. The maximum Gasteiger partial charge on any atom is 0.311 e. The van der Waals surface area contributed by atoms with Crippen molar-refractivity contribution in [3.8, 4) is 0 Å². The van der Waals surface area contributed by atoms with Gasteiger partial charge in [0.2, 0.25) is 0 Å². The molecule has 5 nitrogen and oxygen atoms in total. The van der Waals surface area contributed by atoms with Crippen molar-refractivity contribution in [1.29, 1.82) is 0 Å². The van der Waals surface area contributed by atoms with Gasteiger partial charge in [-0.05, 0) is 19.3 Å². The highest BCUT2D eigenvalue weighted by Crippen LogP contribution is 2.13. The van der Waals surface area contributed by atoms with Gasteiger partial charge in [0.25, 0.3) is 0 Å². The molecule has 0 bridgehead atoms. The fraction of sp³-hybridized carbons (Fsp3) is 0.700. The van der Waals surface area contributed by atoms with E-state index in [1.165, 1.54) is 0 Å². The fourth-order valence-corrected chi connectivity index (χ4v) is 1.88. The van der Waals surface area contributed by atoms with Crippen LogP contribution >= 0.6 is 0 Å². The van der Waals surface area contributed by atoms with E-state index < -0.39 is 17.9 Å². The standard InChI is InChI=1S/C10H16O5S/c1-2-3-4-8(16-15)7(10(13)14)5-6-9(11)12/h7H,2-6H2,1H3,(H,11,12)(H,13,14). The van der Waals surface area contributed by atoms with Crippen LogP contribution in [0.3, 0.4) is 0 Å². The number of carboxylic acid groups (broad SMARTS) is 2. The van der Waals surface area contributed by atoms with Crippen LogP contribution in [0, 0.1) is 5.92 Å². The first-order valence-electron chi connectivity index (χ1n) is 5.13. The van der Waals surface area contributed by atoms with E-state index in [1.807, 2.05) is 6.92 Å². The van der Waals surface area contributed by atoms with Gasteiger partial charge in [-0.15, -0.1) is 0 Å². The SMILES string of the molecule is CCCCC(=S=O)C(CCC(=O)O)C(=O)O. The molecule has 0 aromatic rings. The van der Waals surface area contributed by atoms with Crippen molar-refractivity contribution in [2.75, 3.05) is 0 Å². The Balaban J connectivity index is 4.55. The smallest absolute Gasteiger partial charge is 0.311 e. The Labute approximate surface area is 97.5 Å². The van der Waals surface area contributed by atoms with Crippen molar-refractivity contribution in [2.24, 2.45) is 5.92 Å². The third-order valence-electron chi connectivity index (χ3n) is 2.22. The maximum absolute atomic E-state index is 10.9. The highest BCUT2D eigenvalue weighted by Gasteiger charge is 2.23. The minimum atomic E-state index is -1.12. The molecule has 0 fully saturated rings. The molecule has 0 aliphatic carbocycles. The van der Waals surface area contributed by atoms with E-state index in [-0.39, 0.29) is 24.1 Å². The topological polar surface area (TPSA) is 91.7 Å². The molecular formula is C10H16O5S. The van der Waals surface area contributed by atoms with Crippen LogP contribution < -0.4 is 0 Å². The molecule has 0 aromatic carbocycles. The van der Waals surface area contributed by atoms with Crippen LogP contribution in [0.1, 0.15) is 39.0 Å². The largest absolute Gasteiger partial charge is 0.481 e. The van der Waals surface area contributed by atoms with Crippen molar-refractivity contribution >= 4 is 28.1 Å². The Morgan fingerprint density at radius 1 is 1.25 bits per heavy atom. The molecule has 16 heavy (non-hydrogen) atoms.